The summed E-state index contributed by atoms with van der Waals surface area (Å²) in [5, 5.41) is 8.66. The van der Waals surface area contributed by atoms with Crippen LogP contribution in [0.3, 0.4) is 0 Å². The fourth-order valence-corrected chi connectivity index (χ4v) is 2.71. The lowest BCUT2D eigenvalue weighted by Gasteiger charge is -2.04. The first-order valence-electron chi connectivity index (χ1n) is 4.26. The molecule has 0 unspecified atom stereocenters. The van der Waals surface area contributed by atoms with Crippen molar-refractivity contribution in [3.05, 3.63) is 27.3 Å². The Morgan fingerprint density at radius 3 is 2.79 bits per heavy atom. The molecule has 0 radical (unpaired) electrons. The van der Waals surface area contributed by atoms with E-state index >= 15 is 0 Å². The summed E-state index contributed by atoms with van der Waals surface area (Å²) in [5.74, 6) is 0.257. The van der Waals surface area contributed by atoms with Crippen molar-refractivity contribution in [3.63, 3.8) is 0 Å². The number of hydrogen-bond donors (Lipinski definition) is 1. The Morgan fingerprint density at radius 2 is 2.29 bits per heavy atom. The van der Waals surface area contributed by atoms with Crippen molar-refractivity contribution in [3.8, 4) is 0 Å². The van der Waals surface area contributed by atoms with E-state index in [-0.39, 0.29) is 6.42 Å². The highest BCUT2D eigenvalue weighted by molar-refractivity contribution is 14.1. The van der Waals surface area contributed by atoms with Crippen LogP contribution < -0.4 is 0 Å². The monoisotopic (exact) mass is 322 g/mol. The van der Waals surface area contributed by atoms with Crippen LogP contribution in [0.15, 0.2) is 23.1 Å². The largest absolute Gasteiger partial charge is 0.481 e. The highest BCUT2D eigenvalue weighted by Gasteiger charge is 2.05. The second kappa shape index (κ2) is 5.60. The third-order valence-electron chi connectivity index (χ3n) is 1.68. The van der Waals surface area contributed by atoms with Crippen LogP contribution in [0.25, 0.3) is 0 Å². The van der Waals surface area contributed by atoms with Gasteiger partial charge in [-0.1, -0.05) is 13.0 Å². The Hall–Kier alpha value is -0.230. The van der Waals surface area contributed by atoms with Gasteiger partial charge in [-0.25, -0.2) is 0 Å². The molecule has 0 aliphatic carbocycles. The summed E-state index contributed by atoms with van der Waals surface area (Å²) >= 11 is 3.95. The molecule has 0 aliphatic heterocycles. The molecule has 0 fully saturated rings. The molecule has 76 valence electrons. The predicted molar refractivity (Wildman–Crippen MR) is 66.9 cm³/mol. The van der Waals surface area contributed by atoms with Crippen molar-refractivity contribution in [1.29, 1.82) is 0 Å². The number of carboxylic acid groups (broad SMARTS) is 1. The third-order valence-corrected chi connectivity index (χ3v) is 3.56. The zero-order valence-electron chi connectivity index (χ0n) is 7.79. The number of benzene rings is 1. The molecule has 4 heteroatoms. The molecule has 1 aromatic carbocycles. The zero-order chi connectivity index (χ0) is 10.6. The molecule has 1 rings (SSSR count). The van der Waals surface area contributed by atoms with E-state index in [4.69, 9.17) is 5.11 Å². The van der Waals surface area contributed by atoms with Gasteiger partial charge in [0.25, 0.3) is 0 Å². The van der Waals surface area contributed by atoms with Gasteiger partial charge in [-0.05, 0) is 46.0 Å². The normalized spacial score (nSPS) is 10.1. The Balaban J connectivity index is 2.84. The van der Waals surface area contributed by atoms with Crippen LogP contribution in [-0.2, 0) is 11.2 Å². The first-order chi connectivity index (χ1) is 6.63. The summed E-state index contributed by atoms with van der Waals surface area (Å²) in [6.45, 7) is 2.10. The average Bonchev–Trinajstić information content (AvgIpc) is 2.10. The van der Waals surface area contributed by atoms with Gasteiger partial charge in [0.15, 0.2) is 0 Å². The Morgan fingerprint density at radius 1 is 1.57 bits per heavy atom. The van der Waals surface area contributed by atoms with Crippen LogP contribution in [0, 0.1) is 3.57 Å². The van der Waals surface area contributed by atoms with Gasteiger partial charge < -0.3 is 5.11 Å². The SMILES string of the molecule is CCSc1ccc(CC(=O)O)c(I)c1. The van der Waals surface area contributed by atoms with Crippen LogP contribution >= 0.6 is 34.4 Å². The second-order valence-electron chi connectivity index (χ2n) is 2.76. The van der Waals surface area contributed by atoms with Gasteiger partial charge >= 0.3 is 5.97 Å². The van der Waals surface area contributed by atoms with E-state index in [0.717, 1.165) is 14.9 Å². The Labute approximate surface area is 101 Å². The average molecular weight is 322 g/mol. The molecular weight excluding hydrogens is 311 g/mol. The molecule has 0 aromatic heterocycles. The Kier molecular flexibility index (Phi) is 4.74. The summed E-state index contributed by atoms with van der Waals surface area (Å²) in [6, 6.07) is 5.91. The zero-order valence-corrected chi connectivity index (χ0v) is 10.8. The summed E-state index contributed by atoms with van der Waals surface area (Å²) in [4.78, 5) is 11.7. The van der Waals surface area contributed by atoms with Crippen molar-refractivity contribution in [1.82, 2.24) is 0 Å². The van der Waals surface area contributed by atoms with Gasteiger partial charge in [0, 0.05) is 8.47 Å². The molecule has 1 aromatic rings. The first-order valence-corrected chi connectivity index (χ1v) is 6.33. The van der Waals surface area contributed by atoms with Gasteiger partial charge in [0.1, 0.15) is 0 Å². The molecule has 0 saturated carbocycles. The number of thioether (sulfide) groups is 1. The minimum atomic E-state index is -0.779. The quantitative estimate of drug-likeness (QED) is 0.684. The van der Waals surface area contributed by atoms with Gasteiger partial charge in [-0.2, -0.15) is 0 Å². The number of hydrogen-bond acceptors (Lipinski definition) is 2. The smallest absolute Gasteiger partial charge is 0.307 e. The second-order valence-corrected chi connectivity index (χ2v) is 5.26. The summed E-state index contributed by atoms with van der Waals surface area (Å²) in [5.41, 5.74) is 0.888. The fourth-order valence-electron chi connectivity index (χ4n) is 1.09. The van der Waals surface area contributed by atoms with Crippen LogP contribution in [0.5, 0.6) is 0 Å². The van der Waals surface area contributed by atoms with Crippen LogP contribution in [0.2, 0.25) is 0 Å². The van der Waals surface area contributed by atoms with E-state index in [1.165, 1.54) is 4.90 Å². The first kappa shape index (κ1) is 11.8. The van der Waals surface area contributed by atoms with Crippen molar-refractivity contribution in [2.75, 3.05) is 5.75 Å². The fraction of sp³-hybridized carbons (Fsp3) is 0.300. The molecule has 0 aliphatic rings. The molecule has 0 spiro atoms. The molecule has 2 nitrogen and oxygen atoms in total. The maximum Gasteiger partial charge on any atom is 0.307 e. The lowest BCUT2D eigenvalue weighted by atomic mass is 10.2. The third kappa shape index (κ3) is 3.49. The summed E-state index contributed by atoms with van der Waals surface area (Å²) in [7, 11) is 0. The van der Waals surface area contributed by atoms with E-state index in [0.29, 0.717) is 0 Å². The van der Waals surface area contributed by atoms with E-state index in [9.17, 15) is 4.79 Å². The maximum atomic E-state index is 10.5. The predicted octanol–water partition coefficient (Wildman–Crippen LogP) is 3.03. The van der Waals surface area contributed by atoms with Gasteiger partial charge in [-0.3, -0.25) is 4.79 Å². The number of halogens is 1. The minimum Gasteiger partial charge on any atom is -0.481 e. The van der Waals surface area contributed by atoms with Gasteiger partial charge in [-0.15, -0.1) is 11.8 Å². The minimum absolute atomic E-state index is 0.106. The van der Waals surface area contributed by atoms with Crippen molar-refractivity contribution in [2.24, 2.45) is 0 Å². The summed E-state index contributed by atoms with van der Waals surface area (Å²) in [6.07, 6.45) is 0.106. The Bertz CT molecular complexity index is 339. The molecule has 0 bridgehead atoms. The molecule has 0 atom stereocenters. The number of aliphatic carboxylic acids is 1. The molecular formula is C10H11IO2S. The van der Waals surface area contributed by atoms with Crippen molar-refractivity contribution in [2.45, 2.75) is 18.2 Å². The van der Waals surface area contributed by atoms with Crippen molar-refractivity contribution >= 4 is 40.3 Å². The van der Waals surface area contributed by atoms with Crippen LogP contribution in [0.1, 0.15) is 12.5 Å². The van der Waals surface area contributed by atoms with Crippen molar-refractivity contribution < 1.29 is 9.90 Å². The van der Waals surface area contributed by atoms with Gasteiger partial charge in [0.2, 0.25) is 0 Å². The highest BCUT2D eigenvalue weighted by atomic mass is 127. The molecule has 14 heavy (non-hydrogen) atoms. The lowest BCUT2D eigenvalue weighted by Crippen LogP contribution is -2.01. The standard InChI is InChI=1S/C10H11IO2S/c1-2-14-8-4-3-7(5-10(12)13)9(11)6-8/h3-4,6H,2,5H2,1H3,(H,12,13). The summed E-state index contributed by atoms with van der Waals surface area (Å²) < 4.78 is 1.03. The topological polar surface area (TPSA) is 37.3 Å². The van der Waals surface area contributed by atoms with Gasteiger partial charge in [0.05, 0.1) is 6.42 Å². The number of rotatable bonds is 4. The van der Waals surface area contributed by atoms with E-state index in [2.05, 4.69) is 29.5 Å². The number of carbonyl (C=O) groups is 1. The maximum absolute atomic E-state index is 10.5. The lowest BCUT2D eigenvalue weighted by molar-refractivity contribution is -0.136. The highest BCUT2D eigenvalue weighted by Crippen LogP contribution is 2.22. The molecule has 0 amide bonds. The van der Waals surface area contributed by atoms with E-state index in [1.54, 1.807) is 11.8 Å². The molecule has 0 heterocycles. The van der Waals surface area contributed by atoms with E-state index in [1.807, 2.05) is 18.2 Å². The van der Waals surface area contributed by atoms with E-state index < -0.39 is 5.97 Å². The van der Waals surface area contributed by atoms with Crippen LogP contribution in [-0.4, -0.2) is 16.8 Å². The van der Waals surface area contributed by atoms with Crippen LogP contribution in [0.4, 0.5) is 0 Å². The molecule has 0 saturated heterocycles. The molecule has 1 N–H and O–H groups in total. The number of carboxylic acids is 1.